The Morgan fingerprint density at radius 3 is 2.87 bits per heavy atom. The highest BCUT2D eigenvalue weighted by molar-refractivity contribution is 5.85. The van der Waals surface area contributed by atoms with Gasteiger partial charge in [-0.2, -0.15) is 0 Å². The molecule has 2 unspecified atom stereocenters. The van der Waals surface area contributed by atoms with Gasteiger partial charge in [0, 0.05) is 13.0 Å². The number of carbonyl (C=O) groups is 2. The molecule has 2 aliphatic rings. The van der Waals surface area contributed by atoms with Crippen molar-refractivity contribution in [2.75, 3.05) is 6.54 Å². The van der Waals surface area contributed by atoms with Crippen LogP contribution in [-0.2, 0) is 9.59 Å². The molecule has 0 aromatic carbocycles. The number of likely N-dealkylation sites (tertiary alicyclic amines) is 1. The predicted molar refractivity (Wildman–Crippen MR) is 54.2 cm³/mol. The number of nitrogens with zero attached hydrogens (tertiary/aromatic N) is 1. The highest BCUT2D eigenvalue weighted by atomic mass is 16.4. The summed E-state index contributed by atoms with van der Waals surface area (Å²) in [6, 6.07) is 0.285. The summed E-state index contributed by atoms with van der Waals surface area (Å²) in [4.78, 5) is 23.8. The molecule has 15 heavy (non-hydrogen) atoms. The molecule has 1 N–H and O–H groups in total. The van der Waals surface area contributed by atoms with Gasteiger partial charge in [-0.15, -0.1) is 0 Å². The van der Waals surface area contributed by atoms with Crippen molar-refractivity contribution in [1.82, 2.24) is 4.90 Å². The van der Waals surface area contributed by atoms with Crippen LogP contribution in [0.2, 0.25) is 0 Å². The van der Waals surface area contributed by atoms with Gasteiger partial charge < -0.3 is 10.0 Å². The second kappa shape index (κ2) is 4.04. The van der Waals surface area contributed by atoms with Gasteiger partial charge in [-0.1, -0.05) is 12.2 Å². The molecule has 4 nitrogen and oxygen atoms in total. The Morgan fingerprint density at radius 2 is 2.27 bits per heavy atom. The van der Waals surface area contributed by atoms with Crippen LogP contribution in [-0.4, -0.2) is 34.5 Å². The van der Waals surface area contributed by atoms with Crippen LogP contribution in [0.5, 0.6) is 0 Å². The second-order valence-corrected chi connectivity index (χ2v) is 4.18. The molecular formula is C11H15NO3. The van der Waals surface area contributed by atoms with E-state index in [1.54, 1.807) is 0 Å². The number of carboxylic acids is 1. The topological polar surface area (TPSA) is 57.6 Å². The van der Waals surface area contributed by atoms with Crippen LogP contribution >= 0.6 is 0 Å². The second-order valence-electron chi connectivity index (χ2n) is 4.18. The molecule has 2 rings (SSSR count). The molecule has 1 heterocycles. The minimum atomic E-state index is -0.760. The van der Waals surface area contributed by atoms with Crippen LogP contribution in [0.25, 0.3) is 0 Å². The summed E-state index contributed by atoms with van der Waals surface area (Å²) in [5.74, 6) is -0.434. The van der Waals surface area contributed by atoms with Crippen molar-refractivity contribution in [3.05, 3.63) is 12.2 Å². The third-order valence-corrected chi connectivity index (χ3v) is 3.10. The molecule has 1 aliphatic heterocycles. The smallest absolute Gasteiger partial charge is 0.303 e. The summed E-state index contributed by atoms with van der Waals surface area (Å²) in [5.41, 5.74) is 0. The first-order valence-electron chi connectivity index (χ1n) is 5.39. The summed E-state index contributed by atoms with van der Waals surface area (Å²) < 4.78 is 0. The van der Waals surface area contributed by atoms with Gasteiger partial charge >= 0.3 is 5.97 Å². The summed E-state index contributed by atoms with van der Waals surface area (Å²) in [6.45, 7) is 0.706. The summed E-state index contributed by atoms with van der Waals surface area (Å²) in [6.07, 6.45) is 6.64. The summed E-state index contributed by atoms with van der Waals surface area (Å²) in [7, 11) is 0. The van der Waals surface area contributed by atoms with Crippen molar-refractivity contribution in [3.63, 3.8) is 0 Å². The Labute approximate surface area is 88.6 Å². The lowest BCUT2D eigenvalue weighted by Gasteiger charge is -2.23. The van der Waals surface area contributed by atoms with Gasteiger partial charge in [0.15, 0.2) is 0 Å². The van der Waals surface area contributed by atoms with E-state index in [0.29, 0.717) is 13.0 Å². The minimum absolute atomic E-state index is 0.106. The van der Waals surface area contributed by atoms with Crippen LogP contribution in [0, 0.1) is 5.92 Å². The van der Waals surface area contributed by atoms with E-state index >= 15 is 0 Å². The van der Waals surface area contributed by atoms with Gasteiger partial charge in [0.25, 0.3) is 0 Å². The SMILES string of the molecule is O=C(O)CCCCN1C(=O)C2C=CC1C2. The van der Waals surface area contributed by atoms with E-state index in [1.165, 1.54) is 0 Å². The molecule has 1 saturated heterocycles. The Hall–Kier alpha value is -1.32. The maximum absolute atomic E-state index is 11.7. The first-order valence-corrected chi connectivity index (χ1v) is 5.39. The Morgan fingerprint density at radius 1 is 1.47 bits per heavy atom. The van der Waals surface area contributed by atoms with E-state index in [-0.39, 0.29) is 24.3 Å². The molecule has 1 amide bonds. The zero-order valence-electron chi connectivity index (χ0n) is 8.56. The number of hydrogen-bond acceptors (Lipinski definition) is 2. The maximum atomic E-state index is 11.7. The monoisotopic (exact) mass is 209 g/mol. The molecule has 1 fully saturated rings. The fraction of sp³-hybridized carbons (Fsp3) is 0.636. The third kappa shape index (κ3) is 2.03. The quantitative estimate of drug-likeness (QED) is 0.543. The fourth-order valence-electron chi connectivity index (χ4n) is 2.30. The zero-order valence-corrected chi connectivity index (χ0v) is 8.56. The largest absolute Gasteiger partial charge is 0.481 e. The number of carboxylic acid groups (broad SMARTS) is 1. The Kier molecular flexibility index (Phi) is 2.75. The highest BCUT2D eigenvalue weighted by Gasteiger charge is 2.40. The molecule has 0 spiro atoms. The molecule has 0 saturated carbocycles. The van der Waals surface area contributed by atoms with E-state index in [4.69, 9.17) is 5.11 Å². The van der Waals surface area contributed by atoms with E-state index in [0.717, 1.165) is 12.8 Å². The van der Waals surface area contributed by atoms with Crippen LogP contribution in [0.3, 0.4) is 0 Å². The lowest BCUT2D eigenvalue weighted by Crippen LogP contribution is -2.35. The lowest BCUT2D eigenvalue weighted by molar-refractivity contribution is -0.137. The standard InChI is InChI=1S/C11H15NO3/c13-10(14)3-1-2-6-12-9-5-4-8(7-9)11(12)15/h4-5,8-9H,1-3,6-7H2,(H,13,14). The molecule has 2 atom stereocenters. The van der Waals surface area contributed by atoms with Gasteiger partial charge in [-0.3, -0.25) is 9.59 Å². The summed E-state index contributed by atoms with van der Waals surface area (Å²) >= 11 is 0. The number of unbranched alkanes of at least 4 members (excludes halogenated alkanes) is 1. The Balaban J connectivity index is 1.74. The number of hydrogen-bond donors (Lipinski definition) is 1. The molecule has 82 valence electrons. The first kappa shape index (κ1) is 10.2. The predicted octanol–water partition coefficient (Wildman–Crippen LogP) is 1.03. The highest BCUT2D eigenvalue weighted by Crippen LogP contribution is 2.32. The van der Waals surface area contributed by atoms with Gasteiger partial charge in [0.2, 0.25) is 5.91 Å². The van der Waals surface area contributed by atoms with E-state index < -0.39 is 5.97 Å². The normalized spacial score (nSPS) is 27.7. The van der Waals surface area contributed by atoms with Crippen molar-refractivity contribution in [2.45, 2.75) is 31.7 Å². The van der Waals surface area contributed by atoms with E-state index in [9.17, 15) is 9.59 Å². The number of fused-ring (bicyclic) bond motifs is 2. The molecule has 0 radical (unpaired) electrons. The van der Waals surface area contributed by atoms with Crippen molar-refractivity contribution < 1.29 is 14.7 Å². The van der Waals surface area contributed by atoms with Crippen molar-refractivity contribution in [1.29, 1.82) is 0 Å². The minimum Gasteiger partial charge on any atom is -0.481 e. The van der Waals surface area contributed by atoms with Gasteiger partial charge in [0.1, 0.15) is 0 Å². The Bertz CT molecular complexity index is 311. The van der Waals surface area contributed by atoms with Gasteiger partial charge in [0.05, 0.1) is 12.0 Å². The van der Waals surface area contributed by atoms with Crippen molar-refractivity contribution in [2.24, 2.45) is 5.92 Å². The van der Waals surface area contributed by atoms with Gasteiger partial charge in [-0.25, -0.2) is 0 Å². The van der Waals surface area contributed by atoms with Crippen molar-refractivity contribution >= 4 is 11.9 Å². The number of carbonyl (C=O) groups excluding carboxylic acids is 1. The number of aliphatic carboxylic acids is 1. The molecular weight excluding hydrogens is 194 g/mol. The fourth-order valence-corrected chi connectivity index (χ4v) is 2.30. The molecule has 0 aromatic rings. The first-order chi connectivity index (χ1) is 7.18. The summed E-state index contributed by atoms with van der Waals surface area (Å²) in [5, 5.41) is 8.47. The molecule has 4 heteroatoms. The van der Waals surface area contributed by atoms with E-state index in [1.807, 2.05) is 11.0 Å². The average molecular weight is 209 g/mol. The zero-order chi connectivity index (χ0) is 10.8. The van der Waals surface area contributed by atoms with Crippen LogP contribution < -0.4 is 0 Å². The molecule has 0 aromatic heterocycles. The third-order valence-electron chi connectivity index (χ3n) is 3.10. The van der Waals surface area contributed by atoms with Crippen LogP contribution in [0.15, 0.2) is 12.2 Å². The van der Waals surface area contributed by atoms with Crippen molar-refractivity contribution in [3.8, 4) is 0 Å². The lowest BCUT2D eigenvalue weighted by atomic mass is 10.1. The number of rotatable bonds is 5. The average Bonchev–Trinajstić information content (AvgIpc) is 2.74. The maximum Gasteiger partial charge on any atom is 0.303 e. The molecule has 2 bridgehead atoms. The van der Waals surface area contributed by atoms with E-state index in [2.05, 4.69) is 6.08 Å². The molecule has 1 aliphatic carbocycles. The van der Waals surface area contributed by atoms with Gasteiger partial charge in [-0.05, 0) is 19.3 Å². The number of amides is 1. The van der Waals surface area contributed by atoms with Crippen LogP contribution in [0.1, 0.15) is 25.7 Å². The van der Waals surface area contributed by atoms with Crippen LogP contribution in [0.4, 0.5) is 0 Å².